The quantitative estimate of drug-likeness (QED) is 0.626. The number of rotatable bonds is 1. The largest absolute Gasteiger partial charge is 0.341 e. The van der Waals surface area contributed by atoms with Crippen molar-refractivity contribution in [2.24, 2.45) is 5.73 Å². The normalized spacial score (nSPS) is 28.7. The van der Waals surface area contributed by atoms with Gasteiger partial charge in [-0.25, -0.2) is 4.79 Å². The van der Waals surface area contributed by atoms with Crippen LogP contribution in [0.5, 0.6) is 0 Å². The smallest absolute Gasteiger partial charge is 0.317 e. The molecule has 4 nitrogen and oxygen atoms in total. The molecule has 3 N–H and O–H groups in total. The van der Waals surface area contributed by atoms with E-state index in [1.165, 1.54) is 6.42 Å². The molecule has 0 aromatic carbocycles. The van der Waals surface area contributed by atoms with Crippen LogP contribution in [-0.2, 0) is 0 Å². The zero-order valence-electron chi connectivity index (χ0n) is 8.42. The molecule has 1 heterocycles. The van der Waals surface area contributed by atoms with Gasteiger partial charge in [0.25, 0.3) is 0 Å². The van der Waals surface area contributed by atoms with Gasteiger partial charge in [0, 0.05) is 25.7 Å². The molecule has 2 atom stereocenters. The summed E-state index contributed by atoms with van der Waals surface area (Å²) >= 11 is 0. The van der Waals surface area contributed by atoms with Gasteiger partial charge in [-0.1, -0.05) is 0 Å². The van der Waals surface area contributed by atoms with Gasteiger partial charge in [0.2, 0.25) is 0 Å². The Morgan fingerprint density at radius 3 is 2.85 bits per heavy atom. The third kappa shape index (κ3) is 2.12. The Balaban J connectivity index is 2.67. The highest BCUT2D eigenvalue weighted by molar-refractivity contribution is 5.74. The highest BCUT2D eigenvalue weighted by Crippen LogP contribution is 2.21. The first kappa shape index (κ1) is 10.3. The van der Waals surface area contributed by atoms with Crippen molar-refractivity contribution in [1.82, 2.24) is 10.2 Å². The van der Waals surface area contributed by atoms with Crippen molar-refractivity contribution in [2.75, 3.05) is 13.6 Å². The number of hydrogen-bond donors (Lipinski definition) is 2. The standard InChI is InChI=1S/C9H19N3O/c1-7-4-3-5-8(6-10)12(7)9(13)11-2/h7-8H,3-6,10H2,1-2H3,(H,11,13). The zero-order chi connectivity index (χ0) is 9.84. The fourth-order valence-electron chi connectivity index (χ4n) is 2.01. The minimum atomic E-state index is 0.00245. The van der Waals surface area contributed by atoms with E-state index in [1.807, 2.05) is 4.90 Å². The van der Waals surface area contributed by atoms with Crippen molar-refractivity contribution in [2.45, 2.75) is 38.3 Å². The SMILES string of the molecule is CNC(=O)N1C(C)CCCC1CN. The topological polar surface area (TPSA) is 58.4 Å². The van der Waals surface area contributed by atoms with Crippen LogP contribution < -0.4 is 11.1 Å². The molecular weight excluding hydrogens is 166 g/mol. The van der Waals surface area contributed by atoms with Crippen LogP contribution in [0.2, 0.25) is 0 Å². The van der Waals surface area contributed by atoms with Gasteiger partial charge < -0.3 is 16.0 Å². The van der Waals surface area contributed by atoms with Gasteiger partial charge in [-0.3, -0.25) is 0 Å². The minimum Gasteiger partial charge on any atom is -0.341 e. The fraction of sp³-hybridized carbons (Fsp3) is 0.889. The van der Waals surface area contributed by atoms with Crippen molar-refractivity contribution in [3.05, 3.63) is 0 Å². The first-order valence-corrected chi connectivity index (χ1v) is 4.90. The molecule has 0 bridgehead atoms. The van der Waals surface area contributed by atoms with Gasteiger partial charge in [-0.05, 0) is 26.2 Å². The first-order valence-electron chi connectivity index (χ1n) is 4.90. The summed E-state index contributed by atoms with van der Waals surface area (Å²) in [5, 5.41) is 2.66. The highest BCUT2D eigenvalue weighted by atomic mass is 16.2. The molecule has 1 aliphatic rings. The lowest BCUT2D eigenvalue weighted by Crippen LogP contribution is -2.54. The zero-order valence-corrected chi connectivity index (χ0v) is 8.42. The van der Waals surface area contributed by atoms with Gasteiger partial charge in [0.1, 0.15) is 0 Å². The number of hydrogen-bond acceptors (Lipinski definition) is 2. The van der Waals surface area contributed by atoms with Crippen LogP contribution in [0.3, 0.4) is 0 Å². The fourth-order valence-corrected chi connectivity index (χ4v) is 2.01. The van der Waals surface area contributed by atoms with Gasteiger partial charge in [-0.15, -0.1) is 0 Å². The highest BCUT2D eigenvalue weighted by Gasteiger charge is 2.29. The molecule has 1 saturated heterocycles. The van der Waals surface area contributed by atoms with Crippen LogP contribution in [0.1, 0.15) is 26.2 Å². The number of nitrogens with one attached hydrogen (secondary N) is 1. The maximum Gasteiger partial charge on any atom is 0.317 e. The number of carbonyl (C=O) groups excluding carboxylic acids is 1. The van der Waals surface area contributed by atoms with Crippen molar-refractivity contribution in [3.8, 4) is 0 Å². The average Bonchev–Trinajstić information content (AvgIpc) is 2.16. The molecule has 13 heavy (non-hydrogen) atoms. The van der Waals surface area contributed by atoms with Gasteiger partial charge >= 0.3 is 6.03 Å². The minimum absolute atomic E-state index is 0.00245. The van der Waals surface area contributed by atoms with Crippen LogP contribution >= 0.6 is 0 Å². The molecule has 0 spiro atoms. The van der Waals surface area contributed by atoms with Gasteiger partial charge in [-0.2, -0.15) is 0 Å². The first-order chi connectivity index (χ1) is 6.20. The van der Waals surface area contributed by atoms with Gasteiger partial charge in [0.15, 0.2) is 0 Å². The van der Waals surface area contributed by atoms with E-state index in [1.54, 1.807) is 7.05 Å². The molecule has 2 amide bonds. The Labute approximate surface area is 79.5 Å². The Hall–Kier alpha value is -0.770. The summed E-state index contributed by atoms with van der Waals surface area (Å²) in [5.41, 5.74) is 5.63. The maximum absolute atomic E-state index is 11.5. The van der Waals surface area contributed by atoms with Gasteiger partial charge in [0.05, 0.1) is 0 Å². The third-order valence-corrected chi connectivity index (χ3v) is 2.75. The number of nitrogens with two attached hydrogens (primary N) is 1. The Morgan fingerprint density at radius 2 is 2.31 bits per heavy atom. The number of carbonyl (C=O) groups is 1. The van der Waals surface area contributed by atoms with Crippen molar-refractivity contribution < 1.29 is 4.79 Å². The molecule has 1 rings (SSSR count). The molecule has 4 heteroatoms. The lowest BCUT2D eigenvalue weighted by Gasteiger charge is -2.39. The summed E-state index contributed by atoms with van der Waals surface area (Å²) in [5.74, 6) is 0. The number of likely N-dealkylation sites (tertiary alicyclic amines) is 1. The number of piperidine rings is 1. The summed E-state index contributed by atoms with van der Waals surface area (Å²) in [4.78, 5) is 13.4. The van der Waals surface area contributed by atoms with E-state index in [-0.39, 0.29) is 12.1 Å². The molecule has 2 unspecified atom stereocenters. The van der Waals surface area contributed by atoms with E-state index in [0.29, 0.717) is 12.6 Å². The number of amides is 2. The monoisotopic (exact) mass is 185 g/mol. The van der Waals surface area contributed by atoms with E-state index >= 15 is 0 Å². The molecule has 0 saturated carbocycles. The Bertz CT molecular complexity index is 184. The summed E-state index contributed by atoms with van der Waals surface area (Å²) in [6.07, 6.45) is 3.30. The molecule has 1 aliphatic heterocycles. The van der Waals surface area contributed by atoms with Crippen LogP contribution in [0.4, 0.5) is 4.79 Å². The third-order valence-electron chi connectivity index (χ3n) is 2.75. The summed E-state index contributed by atoms with van der Waals surface area (Å²) < 4.78 is 0. The van der Waals surface area contributed by atoms with E-state index in [4.69, 9.17) is 5.73 Å². The molecular formula is C9H19N3O. The summed E-state index contributed by atoms with van der Waals surface area (Å²) in [6.45, 7) is 2.65. The molecule has 0 aliphatic carbocycles. The predicted octanol–water partition coefficient (Wildman–Crippen LogP) is 0.527. The average molecular weight is 185 g/mol. The van der Waals surface area contributed by atoms with Crippen molar-refractivity contribution >= 4 is 6.03 Å². The molecule has 1 fully saturated rings. The molecule has 0 radical (unpaired) electrons. The number of urea groups is 1. The van der Waals surface area contributed by atoms with Crippen molar-refractivity contribution in [1.29, 1.82) is 0 Å². The predicted molar refractivity (Wildman–Crippen MR) is 52.5 cm³/mol. The van der Waals surface area contributed by atoms with Crippen LogP contribution in [-0.4, -0.2) is 36.6 Å². The number of nitrogens with zero attached hydrogens (tertiary/aromatic N) is 1. The second-order valence-corrected chi connectivity index (χ2v) is 3.63. The Morgan fingerprint density at radius 1 is 1.62 bits per heavy atom. The molecule has 76 valence electrons. The van der Waals surface area contributed by atoms with E-state index < -0.39 is 0 Å². The summed E-state index contributed by atoms with van der Waals surface area (Å²) in [7, 11) is 1.66. The Kier molecular flexibility index (Phi) is 3.54. The van der Waals surface area contributed by atoms with E-state index in [9.17, 15) is 4.79 Å². The van der Waals surface area contributed by atoms with Crippen LogP contribution in [0.25, 0.3) is 0 Å². The van der Waals surface area contributed by atoms with E-state index in [2.05, 4.69) is 12.2 Å². The molecule has 0 aromatic rings. The van der Waals surface area contributed by atoms with E-state index in [0.717, 1.165) is 12.8 Å². The van der Waals surface area contributed by atoms with Crippen molar-refractivity contribution in [3.63, 3.8) is 0 Å². The second-order valence-electron chi connectivity index (χ2n) is 3.63. The lowest BCUT2D eigenvalue weighted by atomic mass is 9.97. The molecule has 0 aromatic heterocycles. The summed E-state index contributed by atoms with van der Waals surface area (Å²) in [6, 6.07) is 0.550. The van der Waals surface area contributed by atoms with Crippen LogP contribution in [0.15, 0.2) is 0 Å². The van der Waals surface area contributed by atoms with Crippen LogP contribution in [0, 0.1) is 0 Å². The lowest BCUT2D eigenvalue weighted by molar-refractivity contribution is 0.120. The maximum atomic E-state index is 11.5. The second kappa shape index (κ2) is 4.46.